The van der Waals surface area contributed by atoms with Gasteiger partial charge in [0.05, 0.1) is 5.69 Å². The van der Waals surface area contributed by atoms with Gasteiger partial charge in [0.25, 0.3) is 0 Å². The molecule has 0 spiro atoms. The van der Waals surface area contributed by atoms with Crippen molar-refractivity contribution in [1.82, 2.24) is 0 Å². The van der Waals surface area contributed by atoms with Crippen LogP contribution in [-0.2, 0) is 0 Å². The van der Waals surface area contributed by atoms with Crippen LogP contribution in [0.4, 0.5) is 34.1 Å². The molecule has 0 atom stereocenters. The third kappa shape index (κ3) is 5.39. The van der Waals surface area contributed by atoms with Gasteiger partial charge in [0.1, 0.15) is 22.3 Å². The number of hydrogen-bond acceptors (Lipinski definition) is 4. The van der Waals surface area contributed by atoms with Crippen molar-refractivity contribution in [2.75, 3.05) is 9.80 Å². The number of hydrogen-bond donors (Lipinski definition) is 0. The highest BCUT2D eigenvalue weighted by Gasteiger charge is 2.19. The zero-order valence-electron chi connectivity index (χ0n) is 30.3. The van der Waals surface area contributed by atoms with Gasteiger partial charge in [0.2, 0.25) is 0 Å². The first-order chi connectivity index (χ1) is 27.7. The van der Waals surface area contributed by atoms with Gasteiger partial charge in [0, 0.05) is 67.5 Å². The first-order valence-corrected chi connectivity index (χ1v) is 18.9. The summed E-state index contributed by atoms with van der Waals surface area (Å²) in [6, 6.07) is 72.7. The lowest BCUT2D eigenvalue weighted by molar-refractivity contribution is 0.669. The maximum absolute atomic E-state index is 6.36. The summed E-state index contributed by atoms with van der Waals surface area (Å²) in [7, 11) is 0. The van der Waals surface area contributed by atoms with E-state index in [1.54, 1.807) is 0 Å². The summed E-state index contributed by atoms with van der Waals surface area (Å²) in [5.41, 5.74) is 12.1. The molecule has 0 saturated heterocycles. The zero-order chi connectivity index (χ0) is 37.0. The monoisotopic (exact) mass is 718 g/mol. The third-order valence-corrected chi connectivity index (χ3v) is 10.8. The fraction of sp³-hybridized carbons (Fsp3) is 0. The van der Waals surface area contributed by atoms with Crippen molar-refractivity contribution < 1.29 is 8.83 Å². The Morgan fingerprint density at radius 2 is 0.696 bits per heavy atom. The van der Waals surface area contributed by atoms with E-state index in [-0.39, 0.29) is 0 Å². The van der Waals surface area contributed by atoms with Gasteiger partial charge in [-0.25, -0.2) is 0 Å². The van der Waals surface area contributed by atoms with Gasteiger partial charge in [-0.05, 0) is 95.4 Å². The molecule has 0 bridgehead atoms. The molecule has 0 aliphatic carbocycles. The Hall–Kier alpha value is -7.56. The maximum atomic E-state index is 6.36. The molecule has 0 amide bonds. The van der Waals surface area contributed by atoms with Crippen LogP contribution < -0.4 is 9.80 Å². The highest BCUT2D eigenvalue weighted by atomic mass is 16.3. The molecule has 0 fully saturated rings. The number of fused-ring (bicyclic) bond motifs is 7. The molecule has 2 aromatic heterocycles. The standard InChI is InChI=1S/C52H34N2O2/c1-2-13-38(14-3-1)54(48-18-10-12-37-11-4-5-15-43(37)48)40-27-23-36(24-28-40)35-21-25-39(26-22-35)53(41-29-31-46-44-16-6-8-19-49(44)55-51(46)33-41)42-30-32-47-45-17-7-9-20-50(45)56-52(47)34-42/h1-34H. The largest absolute Gasteiger partial charge is 0.456 e. The summed E-state index contributed by atoms with van der Waals surface area (Å²) in [6.45, 7) is 0. The number of nitrogens with zero attached hydrogens (tertiary/aromatic N) is 2. The van der Waals surface area contributed by atoms with E-state index in [0.717, 1.165) is 89.1 Å². The van der Waals surface area contributed by atoms with E-state index in [4.69, 9.17) is 8.83 Å². The van der Waals surface area contributed by atoms with Gasteiger partial charge in [-0.2, -0.15) is 0 Å². The molecule has 11 rings (SSSR count). The Morgan fingerprint density at radius 3 is 1.29 bits per heavy atom. The summed E-state index contributed by atoms with van der Waals surface area (Å²) in [6.07, 6.45) is 0. The van der Waals surface area contributed by atoms with Crippen molar-refractivity contribution in [3.05, 3.63) is 206 Å². The van der Waals surface area contributed by atoms with E-state index >= 15 is 0 Å². The van der Waals surface area contributed by atoms with Crippen LogP contribution in [0.2, 0.25) is 0 Å². The van der Waals surface area contributed by atoms with Gasteiger partial charge >= 0.3 is 0 Å². The zero-order valence-corrected chi connectivity index (χ0v) is 30.3. The molecule has 4 nitrogen and oxygen atoms in total. The van der Waals surface area contributed by atoms with E-state index in [9.17, 15) is 0 Å². The number of furan rings is 2. The van der Waals surface area contributed by atoms with Gasteiger partial charge in [-0.3, -0.25) is 0 Å². The minimum atomic E-state index is 0.850. The van der Waals surface area contributed by atoms with Crippen molar-refractivity contribution >= 4 is 88.8 Å². The van der Waals surface area contributed by atoms with Gasteiger partial charge in [-0.1, -0.05) is 115 Å². The lowest BCUT2D eigenvalue weighted by atomic mass is 10.0. The quantitative estimate of drug-likeness (QED) is 0.164. The third-order valence-electron chi connectivity index (χ3n) is 10.8. The summed E-state index contributed by atoms with van der Waals surface area (Å²) in [4.78, 5) is 4.61. The topological polar surface area (TPSA) is 32.8 Å². The summed E-state index contributed by atoms with van der Waals surface area (Å²) < 4.78 is 12.7. The lowest BCUT2D eigenvalue weighted by Gasteiger charge is -2.27. The van der Waals surface area contributed by atoms with Crippen LogP contribution in [0.15, 0.2) is 215 Å². The van der Waals surface area contributed by atoms with Crippen LogP contribution in [0.3, 0.4) is 0 Å². The Labute approximate surface area is 323 Å². The van der Waals surface area contributed by atoms with Crippen LogP contribution in [0.1, 0.15) is 0 Å². The van der Waals surface area contributed by atoms with Crippen LogP contribution in [0.5, 0.6) is 0 Å². The SMILES string of the molecule is c1ccc(N(c2ccc(-c3ccc(N(c4ccc5c(c4)oc4ccccc45)c4ccc5c(c4)oc4ccccc45)cc3)cc2)c2cccc3ccccc23)cc1. The molecule has 4 heteroatoms. The molecule has 11 aromatic rings. The summed E-state index contributed by atoms with van der Waals surface area (Å²) >= 11 is 0. The van der Waals surface area contributed by atoms with E-state index < -0.39 is 0 Å². The van der Waals surface area contributed by atoms with Crippen molar-refractivity contribution in [1.29, 1.82) is 0 Å². The average molecular weight is 719 g/mol. The highest BCUT2D eigenvalue weighted by Crippen LogP contribution is 2.43. The molecule has 0 aliphatic heterocycles. The predicted octanol–water partition coefficient (Wildman–Crippen LogP) is 15.2. The molecule has 0 saturated carbocycles. The van der Waals surface area contributed by atoms with Crippen molar-refractivity contribution in [2.24, 2.45) is 0 Å². The second-order valence-corrected chi connectivity index (χ2v) is 14.2. The lowest BCUT2D eigenvalue weighted by Crippen LogP contribution is -2.10. The summed E-state index contributed by atoms with van der Waals surface area (Å²) in [5.74, 6) is 0. The van der Waals surface area contributed by atoms with Crippen molar-refractivity contribution in [3.8, 4) is 11.1 Å². The Balaban J connectivity index is 0.981. The molecular formula is C52H34N2O2. The Morgan fingerprint density at radius 1 is 0.268 bits per heavy atom. The van der Waals surface area contributed by atoms with Crippen molar-refractivity contribution in [2.45, 2.75) is 0 Å². The smallest absolute Gasteiger partial charge is 0.137 e. The van der Waals surface area contributed by atoms with Crippen LogP contribution in [0.25, 0.3) is 65.8 Å². The Bertz CT molecular complexity index is 3080. The summed E-state index contributed by atoms with van der Waals surface area (Å²) in [5, 5.41) is 6.85. The van der Waals surface area contributed by atoms with E-state index in [1.165, 1.54) is 10.8 Å². The van der Waals surface area contributed by atoms with Gasteiger partial charge < -0.3 is 18.6 Å². The maximum Gasteiger partial charge on any atom is 0.137 e. The van der Waals surface area contributed by atoms with Gasteiger partial charge in [0.15, 0.2) is 0 Å². The van der Waals surface area contributed by atoms with E-state index in [2.05, 4.69) is 192 Å². The minimum Gasteiger partial charge on any atom is -0.456 e. The molecular weight excluding hydrogens is 685 g/mol. The van der Waals surface area contributed by atoms with Gasteiger partial charge in [-0.15, -0.1) is 0 Å². The first-order valence-electron chi connectivity index (χ1n) is 18.9. The normalized spacial score (nSPS) is 11.6. The Kier molecular flexibility index (Phi) is 7.46. The van der Waals surface area contributed by atoms with Crippen LogP contribution >= 0.6 is 0 Å². The minimum absolute atomic E-state index is 0.850. The predicted molar refractivity (Wildman–Crippen MR) is 233 cm³/mol. The van der Waals surface area contributed by atoms with Crippen LogP contribution in [-0.4, -0.2) is 0 Å². The van der Waals surface area contributed by atoms with E-state index in [1.807, 2.05) is 24.3 Å². The van der Waals surface area contributed by atoms with E-state index in [0.29, 0.717) is 0 Å². The fourth-order valence-electron chi connectivity index (χ4n) is 8.17. The molecule has 2 heterocycles. The number of rotatable bonds is 7. The molecule has 56 heavy (non-hydrogen) atoms. The highest BCUT2D eigenvalue weighted by molar-refractivity contribution is 6.08. The van der Waals surface area contributed by atoms with Crippen molar-refractivity contribution in [3.63, 3.8) is 0 Å². The molecule has 9 aromatic carbocycles. The molecule has 0 unspecified atom stereocenters. The second kappa shape index (κ2) is 13.1. The second-order valence-electron chi connectivity index (χ2n) is 14.2. The average Bonchev–Trinajstić information content (AvgIpc) is 3.83. The molecule has 0 N–H and O–H groups in total. The number of benzene rings is 9. The number of para-hydroxylation sites is 3. The first kappa shape index (κ1) is 31.9. The van der Waals surface area contributed by atoms with Crippen LogP contribution in [0, 0.1) is 0 Å². The molecule has 264 valence electrons. The molecule has 0 aliphatic rings. The molecule has 0 radical (unpaired) electrons. The fourth-order valence-corrected chi connectivity index (χ4v) is 8.17. The number of anilines is 6.